The van der Waals surface area contributed by atoms with Crippen molar-refractivity contribution in [2.45, 2.75) is 52.5 Å². The lowest BCUT2D eigenvalue weighted by molar-refractivity contribution is -0.197. The van der Waals surface area contributed by atoms with Crippen LogP contribution in [0.1, 0.15) is 27.7 Å². The number of allylic oxidation sites excluding steroid dienone is 2. The minimum absolute atomic E-state index is 0.0826. The van der Waals surface area contributed by atoms with Crippen LogP contribution in [0.3, 0.4) is 0 Å². The van der Waals surface area contributed by atoms with Gasteiger partial charge in [-0.05, 0) is 27.7 Å². The molecule has 0 radical (unpaired) electrons. The Morgan fingerprint density at radius 3 is 1.46 bits per heavy atom. The molecule has 0 saturated heterocycles. The maximum absolute atomic E-state index is 11.2. The second-order valence-corrected chi connectivity index (χ2v) is 4.81. The summed E-state index contributed by atoms with van der Waals surface area (Å²) in [5.74, 6) is -1.34. The van der Waals surface area contributed by atoms with Crippen LogP contribution in [-0.2, 0) is 28.5 Å². The second-order valence-electron chi connectivity index (χ2n) is 4.81. The van der Waals surface area contributed by atoms with Crippen molar-refractivity contribution >= 4 is 11.9 Å². The van der Waals surface area contributed by atoms with Crippen molar-refractivity contribution in [1.29, 1.82) is 0 Å². The number of esters is 2. The van der Waals surface area contributed by atoms with Gasteiger partial charge in [0.25, 0.3) is 0 Å². The lowest BCUT2D eigenvalue weighted by atomic mass is 10.4. The average molecular weight is 346 g/mol. The number of hydrogen-bond donors (Lipinski definition) is 2. The van der Waals surface area contributed by atoms with Crippen LogP contribution < -0.4 is 0 Å². The Labute approximate surface area is 141 Å². The van der Waals surface area contributed by atoms with E-state index in [1.165, 1.54) is 38.2 Å². The van der Waals surface area contributed by atoms with Crippen LogP contribution in [0.2, 0.25) is 0 Å². The Morgan fingerprint density at radius 2 is 1.17 bits per heavy atom. The van der Waals surface area contributed by atoms with E-state index in [-0.39, 0.29) is 13.2 Å². The molecule has 0 bridgehead atoms. The highest BCUT2D eigenvalue weighted by Gasteiger charge is 2.20. The van der Waals surface area contributed by atoms with Crippen molar-refractivity contribution in [3.8, 4) is 0 Å². The fraction of sp³-hybridized carbons (Fsp3) is 0.625. The van der Waals surface area contributed by atoms with Gasteiger partial charge in [-0.25, -0.2) is 9.59 Å². The molecule has 0 aliphatic carbocycles. The van der Waals surface area contributed by atoms with E-state index in [1.54, 1.807) is 13.8 Å². The van der Waals surface area contributed by atoms with Gasteiger partial charge in [-0.3, -0.25) is 0 Å². The van der Waals surface area contributed by atoms with Crippen LogP contribution in [0.25, 0.3) is 0 Å². The van der Waals surface area contributed by atoms with E-state index in [0.29, 0.717) is 0 Å². The zero-order valence-corrected chi connectivity index (χ0v) is 14.4. The van der Waals surface area contributed by atoms with Gasteiger partial charge in [0.1, 0.15) is 12.2 Å². The van der Waals surface area contributed by atoms with E-state index in [1.807, 2.05) is 0 Å². The van der Waals surface area contributed by atoms with Crippen molar-refractivity contribution in [2.75, 3.05) is 13.2 Å². The van der Waals surface area contributed by atoms with E-state index in [0.717, 1.165) is 0 Å². The Kier molecular flexibility index (Phi) is 11.7. The van der Waals surface area contributed by atoms with Crippen LogP contribution in [0.4, 0.5) is 0 Å². The molecule has 0 aromatic rings. The summed E-state index contributed by atoms with van der Waals surface area (Å²) in [5, 5.41) is 19.2. The summed E-state index contributed by atoms with van der Waals surface area (Å²) in [7, 11) is 0. The van der Waals surface area contributed by atoms with E-state index < -0.39 is 36.7 Å². The molecule has 0 heterocycles. The summed E-state index contributed by atoms with van der Waals surface area (Å²) in [6.07, 6.45) is 1.02. The molecule has 0 rings (SSSR count). The topological polar surface area (TPSA) is 112 Å². The normalized spacial score (nSPS) is 16.8. The maximum atomic E-state index is 11.2. The fourth-order valence-electron chi connectivity index (χ4n) is 1.41. The Hall–Kier alpha value is -1.74. The first-order valence-electron chi connectivity index (χ1n) is 7.57. The summed E-state index contributed by atoms with van der Waals surface area (Å²) < 4.78 is 19.9. The first kappa shape index (κ1) is 22.3. The van der Waals surface area contributed by atoms with Crippen molar-refractivity contribution in [2.24, 2.45) is 0 Å². The summed E-state index contributed by atoms with van der Waals surface area (Å²) in [6, 6.07) is 0. The van der Waals surface area contributed by atoms with Crippen molar-refractivity contribution < 1.29 is 38.7 Å². The number of aliphatic hydroxyl groups is 2. The molecule has 4 unspecified atom stereocenters. The third kappa shape index (κ3) is 10.1. The minimum Gasteiger partial charge on any atom is -0.430 e. The van der Waals surface area contributed by atoms with E-state index >= 15 is 0 Å². The molecule has 8 heteroatoms. The fourth-order valence-corrected chi connectivity index (χ4v) is 1.41. The maximum Gasteiger partial charge on any atom is 0.332 e. The van der Waals surface area contributed by atoms with Gasteiger partial charge in [0, 0.05) is 12.2 Å². The highest BCUT2D eigenvalue weighted by molar-refractivity contribution is 5.82. The molecule has 0 aliphatic rings. The summed E-state index contributed by atoms with van der Waals surface area (Å²) in [4.78, 5) is 22.3. The standard InChI is InChI=1S/C16H26O8/c1-5-7-13(17)23-15(19)11(3)21-9-10-22-12(4)16(20)24-14(18)8-6-2/h5-8,11-12,15-16,19-20H,9-10H2,1-4H3. The van der Waals surface area contributed by atoms with Gasteiger partial charge < -0.3 is 29.2 Å². The highest BCUT2D eigenvalue weighted by Crippen LogP contribution is 2.04. The van der Waals surface area contributed by atoms with Crippen LogP contribution >= 0.6 is 0 Å². The molecule has 0 aromatic carbocycles. The van der Waals surface area contributed by atoms with Crippen LogP contribution in [0, 0.1) is 0 Å². The number of aliphatic hydroxyl groups excluding tert-OH is 2. The summed E-state index contributed by atoms with van der Waals surface area (Å²) in [6.45, 7) is 6.53. The number of rotatable bonds is 11. The molecule has 0 aromatic heterocycles. The molecular formula is C16H26O8. The molecule has 4 atom stereocenters. The Balaban J connectivity index is 3.98. The Bertz CT molecular complexity index is 392. The van der Waals surface area contributed by atoms with Crippen LogP contribution in [0.5, 0.6) is 0 Å². The van der Waals surface area contributed by atoms with Gasteiger partial charge in [-0.2, -0.15) is 0 Å². The SMILES string of the molecule is CC=CC(=O)OC(O)C(C)OCCOC(C)C(O)OC(=O)C=CC. The quantitative estimate of drug-likeness (QED) is 0.243. The monoisotopic (exact) mass is 346 g/mol. The number of carbonyl (C=O) groups is 2. The number of carbonyl (C=O) groups excluding carboxylic acids is 2. The van der Waals surface area contributed by atoms with Crippen molar-refractivity contribution in [1.82, 2.24) is 0 Å². The minimum atomic E-state index is -1.40. The van der Waals surface area contributed by atoms with Gasteiger partial charge in [-0.1, -0.05) is 12.2 Å². The zero-order valence-electron chi connectivity index (χ0n) is 14.4. The average Bonchev–Trinajstić information content (AvgIpc) is 2.51. The van der Waals surface area contributed by atoms with Gasteiger partial charge >= 0.3 is 11.9 Å². The van der Waals surface area contributed by atoms with E-state index in [2.05, 4.69) is 0 Å². The molecule has 0 aliphatic heterocycles. The Morgan fingerprint density at radius 1 is 0.833 bits per heavy atom. The van der Waals surface area contributed by atoms with Gasteiger partial charge in [0.05, 0.1) is 13.2 Å². The summed E-state index contributed by atoms with van der Waals surface area (Å²) >= 11 is 0. The first-order valence-corrected chi connectivity index (χ1v) is 7.57. The van der Waals surface area contributed by atoms with E-state index in [9.17, 15) is 19.8 Å². The second kappa shape index (κ2) is 12.7. The van der Waals surface area contributed by atoms with Crippen molar-refractivity contribution in [3.05, 3.63) is 24.3 Å². The van der Waals surface area contributed by atoms with Gasteiger partial charge in [-0.15, -0.1) is 0 Å². The van der Waals surface area contributed by atoms with Crippen LogP contribution in [0.15, 0.2) is 24.3 Å². The lowest BCUT2D eigenvalue weighted by Crippen LogP contribution is -2.33. The lowest BCUT2D eigenvalue weighted by Gasteiger charge is -2.21. The molecular weight excluding hydrogens is 320 g/mol. The molecule has 0 saturated carbocycles. The molecule has 24 heavy (non-hydrogen) atoms. The largest absolute Gasteiger partial charge is 0.430 e. The molecule has 8 nitrogen and oxygen atoms in total. The van der Waals surface area contributed by atoms with Gasteiger partial charge in [0.2, 0.25) is 12.6 Å². The third-order valence-electron chi connectivity index (χ3n) is 2.73. The predicted molar refractivity (Wildman–Crippen MR) is 84.7 cm³/mol. The number of ether oxygens (including phenoxy) is 4. The number of hydrogen-bond acceptors (Lipinski definition) is 8. The van der Waals surface area contributed by atoms with Gasteiger partial charge in [0.15, 0.2) is 0 Å². The molecule has 0 fully saturated rings. The van der Waals surface area contributed by atoms with E-state index in [4.69, 9.17) is 18.9 Å². The molecule has 0 spiro atoms. The highest BCUT2D eigenvalue weighted by atomic mass is 16.7. The molecule has 138 valence electrons. The smallest absolute Gasteiger partial charge is 0.332 e. The molecule has 0 amide bonds. The zero-order chi connectivity index (χ0) is 18.5. The predicted octanol–water partition coefficient (Wildman–Crippen LogP) is 0.672. The molecule has 2 N–H and O–H groups in total. The van der Waals surface area contributed by atoms with Crippen LogP contribution in [-0.4, -0.2) is 60.2 Å². The third-order valence-corrected chi connectivity index (χ3v) is 2.73. The summed E-state index contributed by atoms with van der Waals surface area (Å²) in [5.41, 5.74) is 0. The first-order chi connectivity index (χ1) is 11.3. The van der Waals surface area contributed by atoms with Crippen molar-refractivity contribution in [3.63, 3.8) is 0 Å².